The Morgan fingerprint density at radius 2 is 2.22 bits per heavy atom. The lowest BCUT2D eigenvalue weighted by atomic mass is 10.0. The smallest absolute Gasteiger partial charge is 0.338 e. The van der Waals surface area contributed by atoms with Crippen molar-refractivity contribution in [3.63, 3.8) is 0 Å². The molecule has 1 rings (SSSR count). The van der Waals surface area contributed by atoms with Crippen LogP contribution >= 0.6 is 11.6 Å². The van der Waals surface area contributed by atoms with Gasteiger partial charge in [-0.2, -0.15) is 0 Å². The van der Waals surface area contributed by atoms with Crippen molar-refractivity contribution in [3.8, 4) is 0 Å². The van der Waals surface area contributed by atoms with Gasteiger partial charge < -0.3 is 20.6 Å². The molecule has 0 fully saturated rings. The van der Waals surface area contributed by atoms with E-state index >= 15 is 0 Å². The van der Waals surface area contributed by atoms with Crippen LogP contribution in [0.4, 0.5) is 0 Å². The predicted molar refractivity (Wildman–Crippen MR) is 65.7 cm³/mol. The maximum atomic E-state index is 10.9. The molecule has 0 bridgehead atoms. The van der Waals surface area contributed by atoms with E-state index in [0.29, 0.717) is 13.0 Å². The molecule has 1 heterocycles. The van der Waals surface area contributed by atoms with Gasteiger partial charge in [0.15, 0.2) is 0 Å². The van der Waals surface area contributed by atoms with Gasteiger partial charge >= 0.3 is 5.97 Å². The first-order valence-electron chi connectivity index (χ1n) is 5.36. The summed E-state index contributed by atoms with van der Waals surface area (Å²) >= 11 is 5.61. The molecule has 18 heavy (non-hydrogen) atoms. The number of nitrogens with zero attached hydrogens (tertiary/aromatic N) is 1. The molecule has 6 nitrogen and oxygen atoms in total. The highest BCUT2D eigenvalue weighted by Crippen LogP contribution is 2.22. The highest BCUT2D eigenvalue weighted by Gasteiger charge is 2.21. The van der Waals surface area contributed by atoms with Crippen LogP contribution in [-0.2, 0) is 0 Å². The molecule has 2 unspecified atom stereocenters. The molecule has 0 spiro atoms. The lowest BCUT2D eigenvalue weighted by molar-refractivity contribution is 0.0137. The van der Waals surface area contributed by atoms with Crippen molar-refractivity contribution in [3.05, 3.63) is 28.5 Å². The summed E-state index contributed by atoms with van der Waals surface area (Å²) in [7, 11) is 1.73. The minimum absolute atomic E-state index is 0.150. The molecule has 0 aliphatic heterocycles. The average molecular weight is 275 g/mol. The number of carbonyl (C=O) groups is 1. The zero-order chi connectivity index (χ0) is 13.7. The summed E-state index contributed by atoms with van der Waals surface area (Å²) in [5, 5.41) is 31.1. The number of carboxylic acids is 1. The maximum absolute atomic E-state index is 10.9. The van der Waals surface area contributed by atoms with Crippen molar-refractivity contribution < 1.29 is 20.1 Å². The first-order valence-corrected chi connectivity index (χ1v) is 5.74. The number of hydrogen-bond acceptors (Lipinski definition) is 5. The van der Waals surface area contributed by atoms with Crippen molar-refractivity contribution in [2.24, 2.45) is 0 Å². The van der Waals surface area contributed by atoms with E-state index in [-0.39, 0.29) is 16.3 Å². The van der Waals surface area contributed by atoms with E-state index in [9.17, 15) is 15.0 Å². The third kappa shape index (κ3) is 3.64. The molecular weight excluding hydrogens is 260 g/mol. The van der Waals surface area contributed by atoms with Gasteiger partial charge in [-0.05, 0) is 26.1 Å². The molecule has 0 aliphatic rings. The Labute approximate surface area is 109 Å². The fourth-order valence-corrected chi connectivity index (χ4v) is 1.63. The molecule has 0 aliphatic carbocycles. The van der Waals surface area contributed by atoms with Crippen molar-refractivity contribution in [1.29, 1.82) is 0 Å². The average Bonchev–Trinajstić information content (AvgIpc) is 2.35. The standard InChI is InChI=1S/C11H15ClN2O4/c1-13-3-2-8(15)9(16)6-4-7(11(17)18)10(12)14-5-6/h4-5,8-9,13,15-16H,2-3H2,1H3,(H,17,18). The molecule has 7 heteroatoms. The number of aromatic carboxylic acids is 1. The minimum Gasteiger partial charge on any atom is -0.478 e. The van der Waals surface area contributed by atoms with Crippen LogP contribution in [-0.4, -0.2) is 46.0 Å². The highest BCUT2D eigenvalue weighted by molar-refractivity contribution is 6.32. The van der Waals surface area contributed by atoms with Crippen LogP contribution in [0, 0.1) is 0 Å². The number of rotatable bonds is 6. The van der Waals surface area contributed by atoms with Crippen LogP contribution in [0.1, 0.15) is 28.4 Å². The van der Waals surface area contributed by atoms with E-state index in [1.807, 2.05) is 0 Å². The van der Waals surface area contributed by atoms with Crippen molar-refractivity contribution in [2.75, 3.05) is 13.6 Å². The lowest BCUT2D eigenvalue weighted by Crippen LogP contribution is -2.23. The summed E-state index contributed by atoms with van der Waals surface area (Å²) in [6.07, 6.45) is -0.603. The third-order valence-electron chi connectivity index (χ3n) is 2.49. The molecule has 0 aromatic carbocycles. The summed E-state index contributed by atoms with van der Waals surface area (Å²) in [6, 6.07) is 1.21. The maximum Gasteiger partial charge on any atom is 0.338 e. The van der Waals surface area contributed by atoms with Crippen LogP contribution in [0.25, 0.3) is 0 Å². The lowest BCUT2D eigenvalue weighted by Gasteiger charge is -2.18. The Bertz CT molecular complexity index is 428. The summed E-state index contributed by atoms with van der Waals surface area (Å²) in [4.78, 5) is 14.5. The van der Waals surface area contributed by atoms with E-state index in [4.69, 9.17) is 16.7 Å². The van der Waals surface area contributed by atoms with Gasteiger partial charge in [-0.1, -0.05) is 11.6 Å². The number of aliphatic hydroxyl groups excluding tert-OH is 2. The van der Waals surface area contributed by atoms with Crippen molar-refractivity contribution in [1.82, 2.24) is 10.3 Å². The minimum atomic E-state index is -1.23. The molecule has 0 saturated heterocycles. The van der Waals surface area contributed by atoms with Gasteiger partial charge in [0.05, 0.1) is 11.7 Å². The molecule has 0 saturated carbocycles. The van der Waals surface area contributed by atoms with Crippen LogP contribution in [0.3, 0.4) is 0 Å². The Morgan fingerprint density at radius 1 is 1.56 bits per heavy atom. The zero-order valence-corrected chi connectivity index (χ0v) is 10.6. The van der Waals surface area contributed by atoms with Crippen LogP contribution in [0.15, 0.2) is 12.3 Å². The molecule has 0 radical (unpaired) electrons. The Hall–Kier alpha value is -1.21. The molecule has 1 aromatic rings. The number of pyridine rings is 1. The van der Waals surface area contributed by atoms with Crippen molar-refractivity contribution >= 4 is 17.6 Å². The van der Waals surface area contributed by atoms with Crippen LogP contribution < -0.4 is 5.32 Å². The number of aliphatic hydroxyl groups is 2. The SMILES string of the molecule is CNCCC(O)C(O)c1cnc(Cl)c(C(=O)O)c1. The third-order valence-corrected chi connectivity index (χ3v) is 2.79. The molecule has 100 valence electrons. The Kier molecular flexibility index (Phi) is 5.49. The van der Waals surface area contributed by atoms with Crippen molar-refractivity contribution in [2.45, 2.75) is 18.6 Å². The molecule has 0 amide bonds. The molecule has 1 aromatic heterocycles. The molecular formula is C11H15ClN2O4. The van der Waals surface area contributed by atoms with Gasteiger partial charge in [-0.25, -0.2) is 9.78 Å². The Balaban J connectivity index is 2.89. The van der Waals surface area contributed by atoms with E-state index < -0.39 is 18.2 Å². The van der Waals surface area contributed by atoms with E-state index in [0.717, 1.165) is 0 Å². The second kappa shape index (κ2) is 6.65. The summed E-state index contributed by atoms with van der Waals surface area (Å²) in [5.74, 6) is -1.23. The largest absolute Gasteiger partial charge is 0.478 e. The molecule has 2 atom stereocenters. The zero-order valence-electron chi connectivity index (χ0n) is 9.80. The topological polar surface area (TPSA) is 103 Å². The second-order valence-corrected chi connectivity index (χ2v) is 4.17. The summed E-state index contributed by atoms with van der Waals surface area (Å²) < 4.78 is 0. The van der Waals surface area contributed by atoms with E-state index in [1.54, 1.807) is 7.05 Å². The quantitative estimate of drug-likeness (QED) is 0.561. The van der Waals surface area contributed by atoms with Gasteiger partial charge in [0.25, 0.3) is 0 Å². The van der Waals surface area contributed by atoms with Crippen LogP contribution in [0.2, 0.25) is 5.15 Å². The normalized spacial score (nSPS) is 14.2. The fourth-order valence-electron chi connectivity index (χ4n) is 1.45. The van der Waals surface area contributed by atoms with Gasteiger partial charge in [-0.15, -0.1) is 0 Å². The van der Waals surface area contributed by atoms with Gasteiger partial charge in [-0.3, -0.25) is 0 Å². The first-order chi connectivity index (χ1) is 8.47. The van der Waals surface area contributed by atoms with E-state index in [1.165, 1.54) is 12.3 Å². The summed E-state index contributed by atoms with van der Waals surface area (Å²) in [5.41, 5.74) is 0.0226. The van der Waals surface area contributed by atoms with Gasteiger partial charge in [0.1, 0.15) is 11.3 Å². The number of carboxylic acid groups (broad SMARTS) is 1. The number of aromatic nitrogens is 1. The van der Waals surface area contributed by atoms with Gasteiger partial charge in [0, 0.05) is 11.8 Å². The fraction of sp³-hybridized carbons (Fsp3) is 0.455. The second-order valence-electron chi connectivity index (χ2n) is 3.82. The van der Waals surface area contributed by atoms with Crippen LogP contribution in [0.5, 0.6) is 0 Å². The number of hydrogen-bond donors (Lipinski definition) is 4. The van der Waals surface area contributed by atoms with Gasteiger partial charge in [0.2, 0.25) is 0 Å². The highest BCUT2D eigenvalue weighted by atomic mass is 35.5. The Morgan fingerprint density at radius 3 is 2.78 bits per heavy atom. The molecule has 4 N–H and O–H groups in total. The summed E-state index contributed by atoms with van der Waals surface area (Å²) in [6.45, 7) is 0.533. The van der Waals surface area contributed by atoms with E-state index in [2.05, 4.69) is 10.3 Å². The number of nitrogens with one attached hydrogen (secondary N) is 1. The monoisotopic (exact) mass is 274 g/mol. The number of halogens is 1. The predicted octanol–water partition coefficient (Wildman–Crippen LogP) is 0.437. The first kappa shape index (κ1) is 14.8.